The molecule has 1 atom stereocenters. The first-order valence-electron chi connectivity index (χ1n) is 6.59. The summed E-state index contributed by atoms with van der Waals surface area (Å²) >= 11 is 0. The Hall–Kier alpha value is -1.41. The maximum atomic E-state index is 11.2. The maximum absolute atomic E-state index is 11.2. The molecule has 0 aliphatic carbocycles. The van der Waals surface area contributed by atoms with E-state index in [9.17, 15) is 25.3 Å². The van der Waals surface area contributed by atoms with Crippen LogP contribution in [0.15, 0.2) is 24.3 Å². The van der Waals surface area contributed by atoms with E-state index in [0.717, 1.165) is 18.8 Å². The summed E-state index contributed by atoms with van der Waals surface area (Å²) in [6.45, 7) is -1.05. The normalized spacial score (nSPS) is 14.0. The minimum Gasteiger partial charge on any atom is -0.487 e. The Kier molecular flexibility index (Phi) is 7.19. The van der Waals surface area contributed by atoms with E-state index in [0.29, 0.717) is 0 Å². The van der Waals surface area contributed by atoms with Crippen molar-refractivity contribution in [2.75, 3.05) is 32.0 Å². The lowest BCUT2D eigenvalue weighted by atomic mass is 10.3. The molecular formula is C12H18O10S3. The monoisotopic (exact) mass is 418 g/mol. The van der Waals surface area contributed by atoms with Crippen LogP contribution in [0.1, 0.15) is 0 Å². The van der Waals surface area contributed by atoms with Crippen LogP contribution in [0.4, 0.5) is 0 Å². The van der Waals surface area contributed by atoms with Crippen molar-refractivity contribution in [2.24, 2.45) is 0 Å². The first kappa shape index (κ1) is 21.6. The molecule has 0 fully saturated rings. The van der Waals surface area contributed by atoms with Gasteiger partial charge in [-0.2, -0.15) is 25.3 Å². The fraction of sp³-hybridized carbons (Fsp3) is 0.500. The molecule has 0 heterocycles. The summed E-state index contributed by atoms with van der Waals surface area (Å²) in [4.78, 5) is 0. The number of hydrogen-bond acceptors (Lipinski definition) is 10. The van der Waals surface area contributed by atoms with Crippen LogP contribution in [0, 0.1) is 0 Å². The van der Waals surface area contributed by atoms with Crippen LogP contribution in [0.3, 0.4) is 0 Å². The molecule has 1 rings (SSSR count). The molecule has 0 aromatic heterocycles. The predicted octanol–water partition coefficient (Wildman–Crippen LogP) is -0.275. The molecule has 0 saturated carbocycles. The van der Waals surface area contributed by atoms with Gasteiger partial charge in [0.15, 0.2) is 11.5 Å². The van der Waals surface area contributed by atoms with Crippen molar-refractivity contribution in [1.82, 2.24) is 0 Å². The lowest BCUT2D eigenvalue weighted by molar-refractivity contribution is 0.0890. The van der Waals surface area contributed by atoms with Crippen molar-refractivity contribution in [3.05, 3.63) is 24.3 Å². The van der Waals surface area contributed by atoms with Gasteiger partial charge in [0.2, 0.25) is 0 Å². The molecule has 0 radical (unpaired) electrons. The van der Waals surface area contributed by atoms with Gasteiger partial charge in [-0.1, -0.05) is 12.1 Å². The molecule has 144 valence electrons. The van der Waals surface area contributed by atoms with E-state index < -0.39 is 49.7 Å². The van der Waals surface area contributed by atoms with Gasteiger partial charge in [-0.15, -0.1) is 0 Å². The van der Waals surface area contributed by atoms with Crippen molar-refractivity contribution >= 4 is 30.4 Å². The Labute approximate surface area is 147 Å². The highest BCUT2D eigenvalue weighted by Crippen LogP contribution is 2.27. The number of rotatable bonds is 10. The SMILES string of the molecule is CS(=O)(=O)OC[C@H](COc1ccccc1OS(C)(=O)=O)OS(C)(=O)=O. The first-order valence-corrected chi connectivity index (χ1v) is 12.0. The second kappa shape index (κ2) is 8.31. The molecule has 0 aliphatic rings. The average molecular weight is 418 g/mol. The van der Waals surface area contributed by atoms with Crippen LogP contribution in [0.2, 0.25) is 0 Å². The quantitative estimate of drug-likeness (QED) is 0.466. The molecule has 0 unspecified atom stereocenters. The standard InChI is InChI=1S/C12H18O10S3/c1-23(13,14)20-9-10(21-24(2,15)16)8-19-11-6-4-5-7-12(11)22-25(3,17)18/h4-7,10H,8-9H2,1-3H3/t10-/m0/s1. The molecule has 1 aromatic rings. The Morgan fingerprint density at radius 2 is 1.36 bits per heavy atom. The highest BCUT2D eigenvalue weighted by atomic mass is 32.2. The fourth-order valence-electron chi connectivity index (χ4n) is 1.53. The molecule has 0 bridgehead atoms. The maximum Gasteiger partial charge on any atom is 0.306 e. The second-order valence-corrected chi connectivity index (χ2v) is 9.78. The minimum atomic E-state index is -3.92. The molecule has 13 heteroatoms. The van der Waals surface area contributed by atoms with Gasteiger partial charge < -0.3 is 8.92 Å². The lowest BCUT2D eigenvalue weighted by Crippen LogP contribution is -2.30. The highest BCUT2D eigenvalue weighted by Gasteiger charge is 2.20. The third-order valence-electron chi connectivity index (χ3n) is 2.29. The molecule has 25 heavy (non-hydrogen) atoms. The number of ether oxygens (including phenoxy) is 1. The summed E-state index contributed by atoms with van der Waals surface area (Å²) in [5.41, 5.74) is 0. The van der Waals surface area contributed by atoms with Crippen molar-refractivity contribution in [1.29, 1.82) is 0 Å². The number of hydrogen-bond donors (Lipinski definition) is 0. The summed E-state index contributed by atoms with van der Waals surface area (Å²) in [5.74, 6) is -0.124. The zero-order chi connectivity index (χ0) is 19.3. The summed E-state index contributed by atoms with van der Waals surface area (Å²) < 4.78 is 86.3. The Bertz CT molecular complexity index is 887. The van der Waals surface area contributed by atoms with Gasteiger partial charge in [-0.05, 0) is 12.1 Å². The second-order valence-electron chi connectivity index (χ2n) is 4.96. The van der Waals surface area contributed by atoms with Gasteiger partial charge in [0.25, 0.3) is 20.2 Å². The zero-order valence-electron chi connectivity index (χ0n) is 13.6. The summed E-state index contributed by atoms with van der Waals surface area (Å²) in [6, 6.07) is 5.75. The van der Waals surface area contributed by atoms with Crippen molar-refractivity contribution in [3.8, 4) is 11.5 Å². The molecule has 0 N–H and O–H groups in total. The van der Waals surface area contributed by atoms with E-state index in [1.807, 2.05) is 0 Å². The zero-order valence-corrected chi connectivity index (χ0v) is 16.1. The molecule has 1 aromatic carbocycles. The van der Waals surface area contributed by atoms with Crippen LogP contribution in [0.5, 0.6) is 11.5 Å². The third-order valence-corrected chi connectivity index (χ3v) is 3.96. The summed E-state index contributed by atoms with van der Waals surface area (Å²) in [7, 11) is -11.5. The van der Waals surface area contributed by atoms with E-state index in [-0.39, 0.29) is 11.5 Å². The van der Waals surface area contributed by atoms with Crippen LogP contribution >= 0.6 is 0 Å². The van der Waals surface area contributed by atoms with E-state index >= 15 is 0 Å². The Morgan fingerprint density at radius 3 is 1.84 bits per heavy atom. The topological polar surface area (TPSA) is 139 Å². The first-order chi connectivity index (χ1) is 11.3. The van der Waals surface area contributed by atoms with E-state index in [2.05, 4.69) is 4.18 Å². The summed E-state index contributed by atoms with van der Waals surface area (Å²) in [6.07, 6.45) is 1.14. The van der Waals surface area contributed by atoms with E-state index in [4.69, 9.17) is 13.1 Å². The van der Waals surface area contributed by atoms with Gasteiger partial charge in [0.1, 0.15) is 12.7 Å². The van der Waals surface area contributed by atoms with Gasteiger partial charge in [-0.3, -0.25) is 8.37 Å². The molecule has 0 saturated heterocycles. The van der Waals surface area contributed by atoms with E-state index in [1.165, 1.54) is 24.3 Å². The minimum absolute atomic E-state index is 0.00520. The molecule has 0 amide bonds. The van der Waals surface area contributed by atoms with Crippen LogP contribution < -0.4 is 8.92 Å². The average Bonchev–Trinajstić information content (AvgIpc) is 2.39. The van der Waals surface area contributed by atoms with E-state index in [1.54, 1.807) is 0 Å². The highest BCUT2D eigenvalue weighted by molar-refractivity contribution is 7.86. The summed E-state index contributed by atoms with van der Waals surface area (Å²) in [5, 5.41) is 0. The van der Waals surface area contributed by atoms with Crippen LogP contribution in [-0.4, -0.2) is 63.3 Å². The smallest absolute Gasteiger partial charge is 0.306 e. The van der Waals surface area contributed by atoms with Crippen LogP contribution in [-0.2, 0) is 38.7 Å². The van der Waals surface area contributed by atoms with Gasteiger partial charge in [0.05, 0.1) is 25.4 Å². The van der Waals surface area contributed by atoms with Gasteiger partial charge in [0, 0.05) is 0 Å². The van der Waals surface area contributed by atoms with Crippen molar-refractivity contribution in [2.45, 2.75) is 6.10 Å². The van der Waals surface area contributed by atoms with Crippen molar-refractivity contribution in [3.63, 3.8) is 0 Å². The molecule has 10 nitrogen and oxygen atoms in total. The largest absolute Gasteiger partial charge is 0.487 e. The molecule has 0 aliphatic heterocycles. The Balaban J connectivity index is 2.88. The molecular weight excluding hydrogens is 400 g/mol. The van der Waals surface area contributed by atoms with Gasteiger partial charge >= 0.3 is 10.1 Å². The third kappa shape index (κ3) is 10.2. The number of benzene rings is 1. The predicted molar refractivity (Wildman–Crippen MR) is 87.9 cm³/mol. The fourth-order valence-corrected chi connectivity index (χ4v) is 3.00. The number of para-hydroxylation sites is 2. The lowest BCUT2D eigenvalue weighted by Gasteiger charge is -2.17. The van der Waals surface area contributed by atoms with Crippen LogP contribution in [0.25, 0.3) is 0 Å². The van der Waals surface area contributed by atoms with Crippen molar-refractivity contribution < 1.29 is 42.5 Å². The Morgan fingerprint density at radius 1 is 0.800 bits per heavy atom. The molecule has 0 spiro atoms. The van der Waals surface area contributed by atoms with Gasteiger partial charge in [-0.25, -0.2) is 0 Å².